The van der Waals surface area contributed by atoms with E-state index in [1.54, 1.807) is 0 Å². The molecule has 0 bridgehead atoms. The summed E-state index contributed by atoms with van der Waals surface area (Å²) in [6, 6.07) is 8.03. The minimum Gasteiger partial charge on any atom is -0.378 e. The maximum Gasteiger partial charge on any atom is 0.319 e. The zero-order valence-corrected chi connectivity index (χ0v) is 14.0. The van der Waals surface area contributed by atoms with Crippen molar-refractivity contribution in [2.75, 3.05) is 30.4 Å². The molecule has 1 saturated heterocycles. The molecule has 23 heavy (non-hydrogen) atoms. The van der Waals surface area contributed by atoms with Crippen molar-refractivity contribution in [2.45, 2.75) is 44.8 Å². The largest absolute Gasteiger partial charge is 0.378 e. The zero-order valence-electron chi connectivity index (χ0n) is 14.0. The first-order valence-electron chi connectivity index (χ1n) is 8.68. The Morgan fingerprint density at radius 3 is 2.96 bits per heavy atom. The summed E-state index contributed by atoms with van der Waals surface area (Å²) in [4.78, 5) is 14.6. The highest BCUT2D eigenvalue weighted by Crippen LogP contribution is 2.34. The Labute approximate surface area is 138 Å². The van der Waals surface area contributed by atoms with Gasteiger partial charge in [0.25, 0.3) is 0 Å². The predicted molar refractivity (Wildman–Crippen MR) is 93.0 cm³/mol. The fourth-order valence-corrected chi connectivity index (χ4v) is 3.76. The van der Waals surface area contributed by atoms with E-state index in [1.807, 2.05) is 31.3 Å². The summed E-state index contributed by atoms with van der Waals surface area (Å²) >= 11 is 0. The Hall–Kier alpha value is -1.75. The molecule has 2 aliphatic rings. The Kier molecular flexibility index (Phi) is 5.06. The van der Waals surface area contributed by atoms with Crippen molar-refractivity contribution in [2.24, 2.45) is 5.92 Å². The van der Waals surface area contributed by atoms with E-state index in [0.717, 1.165) is 50.2 Å². The van der Waals surface area contributed by atoms with Crippen molar-refractivity contribution in [3.8, 4) is 0 Å². The second-order valence-corrected chi connectivity index (χ2v) is 6.53. The topological polar surface area (TPSA) is 53.6 Å². The van der Waals surface area contributed by atoms with E-state index in [1.165, 1.54) is 0 Å². The van der Waals surface area contributed by atoms with Crippen LogP contribution >= 0.6 is 0 Å². The molecule has 0 radical (unpaired) electrons. The lowest BCUT2D eigenvalue weighted by molar-refractivity contribution is 0.0553. The van der Waals surface area contributed by atoms with E-state index in [9.17, 15) is 4.79 Å². The molecule has 1 aromatic carbocycles. The number of rotatable bonds is 4. The maximum absolute atomic E-state index is 12.5. The van der Waals surface area contributed by atoms with Gasteiger partial charge in [-0.2, -0.15) is 0 Å². The molecule has 0 spiro atoms. The number of amides is 2. The van der Waals surface area contributed by atoms with Crippen LogP contribution in [0.25, 0.3) is 0 Å². The number of nitrogens with one attached hydrogen (secondary N) is 2. The standard InChI is InChI=1S/C18H27N3O2/c1-3-21(2)16-9-5-4-7-15(16)20-18(22)19-14-8-6-10-17-13(14)11-12-23-17/h4-5,7,9,13-14,17H,3,6,8,10-12H2,1-2H3,(H2,19,20,22)/t13-,14+,17-/m0/s1. The summed E-state index contributed by atoms with van der Waals surface area (Å²) in [6.07, 6.45) is 4.71. The third kappa shape index (κ3) is 3.61. The molecule has 5 nitrogen and oxygen atoms in total. The Bertz CT molecular complexity index is 549. The van der Waals surface area contributed by atoms with Gasteiger partial charge in [0.05, 0.1) is 17.5 Å². The van der Waals surface area contributed by atoms with Gasteiger partial charge in [-0.15, -0.1) is 0 Å². The monoisotopic (exact) mass is 317 g/mol. The lowest BCUT2D eigenvalue weighted by atomic mass is 9.82. The first kappa shape index (κ1) is 16.1. The summed E-state index contributed by atoms with van der Waals surface area (Å²) < 4.78 is 5.77. The normalized spacial score (nSPS) is 26.4. The number of anilines is 2. The first-order chi connectivity index (χ1) is 11.2. The van der Waals surface area contributed by atoms with Gasteiger partial charge in [0.2, 0.25) is 0 Å². The number of hydrogen-bond donors (Lipinski definition) is 2. The molecular formula is C18H27N3O2. The van der Waals surface area contributed by atoms with Crippen LogP contribution in [0.2, 0.25) is 0 Å². The lowest BCUT2D eigenvalue weighted by Gasteiger charge is -2.33. The van der Waals surface area contributed by atoms with E-state index in [4.69, 9.17) is 4.74 Å². The Balaban J connectivity index is 1.63. The number of para-hydroxylation sites is 2. The predicted octanol–water partition coefficient (Wildman–Crippen LogP) is 3.22. The fourth-order valence-electron chi connectivity index (χ4n) is 3.76. The van der Waals surface area contributed by atoms with Gasteiger partial charge < -0.3 is 20.3 Å². The van der Waals surface area contributed by atoms with Crippen LogP contribution < -0.4 is 15.5 Å². The molecular weight excluding hydrogens is 290 g/mol. The van der Waals surface area contributed by atoms with E-state index in [-0.39, 0.29) is 12.1 Å². The van der Waals surface area contributed by atoms with Crippen LogP contribution in [0, 0.1) is 5.92 Å². The van der Waals surface area contributed by atoms with Crippen molar-refractivity contribution >= 4 is 17.4 Å². The van der Waals surface area contributed by atoms with Gasteiger partial charge >= 0.3 is 6.03 Å². The molecule has 2 fully saturated rings. The smallest absolute Gasteiger partial charge is 0.319 e. The summed E-state index contributed by atoms with van der Waals surface area (Å²) in [5.41, 5.74) is 1.89. The minimum atomic E-state index is -0.112. The van der Waals surface area contributed by atoms with Crippen molar-refractivity contribution in [1.29, 1.82) is 0 Å². The maximum atomic E-state index is 12.5. The van der Waals surface area contributed by atoms with Crippen molar-refractivity contribution in [3.05, 3.63) is 24.3 Å². The highest BCUT2D eigenvalue weighted by molar-refractivity contribution is 5.93. The summed E-state index contributed by atoms with van der Waals surface area (Å²) in [6.45, 7) is 3.82. The van der Waals surface area contributed by atoms with E-state index in [2.05, 4.69) is 22.5 Å². The number of fused-ring (bicyclic) bond motifs is 1. The summed E-state index contributed by atoms with van der Waals surface area (Å²) in [7, 11) is 2.03. The average Bonchev–Trinajstić information content (AvgIpc) is 3.04. The van der Waals surface area contributed by atoms with Crippen molar-refractivity contribution < 1.29 is 9.53 Å². The van der Waals surface area contributed by atoms with Gasteiger partial charge in [0.1, 0.15) is 0 Å². The van der Waals surface area contributed by atoms with Gasteiger partial charge in [0, 0.05) is 32.2 Å². The number of carbonyl (C=O) groups excluding carboxylic acids is 1. The van der Waals surface area contributed by atoms with Crippen LogP contribution in [0.3, 0.4) is 0 Å². The molecule has 2 amide bonds. The first-order valence-corrected chi connectivity index (χ1v) is 8.68. The molecule has 5 heteroatoms. The third-order valence-electron chi connectivity index (χ3n) is 5.14. The molecule has 0 aromatic heterocycles. The highest BCUT2D eigenvalue weighted by Gasteiger charge is 2.38. The number of hydrogen-bond acceptors (Lipinski definition) is 3. The second kappa shape index (κ2) is 7.21. The van der Waals surface area contributed by atoms with Gasteiger partial charge in [-0.25, -0.2) is 4.79 Å². The van der Waals surface area contributed by atoms with Crippen LogP contribution in [0.1, 0.15) is 32.6 Å². The molecule has 1 aliphatic carbocycles. The molecule has 126 valence electrons. The number of nitrogens with zero attached hydrogens (tertiary/aromatic N) is 1. The second-order valence-electron chi connectivity index (χ2n) is 6.53. The van der Waals surface area contributed by atoms with Crippen LogP contribution in [-0.4, -0.2) is 38.4 Å². The molecule has 3 rings (SSSR count). The highest BCUT2D eigenvalue weighted by atomic mass is 16.5. The molecule has 1 aliphatic heterocycles. The number of ether oxygens (including phenoxy) is 1. The van der Waals surface area contributed by atoms with Crippen LogP contribution in [-0.2, 0) is 4.74 Å². The number of benzene rings is 1. The van der Waals surface area contributed by atoms with Crippen molar-refractivity contribution in [3.63, 3.8) is 0 Å². The molecule has 0 unspecified atom stereocenters. The Morgan fingerprint density at radius 1 is 1.30 bits per heavy atom. The van der Waals surface area contributed by atoms with E-state index < -0.39 is 0 Å². The lowest BCUT2D eigenvalue weighted by Crippen LogP contribution is -2.47. The van der Waals surface area contributed by atoms with Crippen LogP contribution in [0.4, 0.5) is 16.2 Å². The number of urea groups is 1. The van der Waals surface area contributed by atoms with Gasteiger partial charge in [0.15, 0.2) is 0 Å². The van der Waals surface area contributed by atoms with E-state index >= 15 is 0 Å². The van der Waals surface area contributed by atoms with Gasteiger partial charge in [-0.3, -0.25) is 0 Å². The molecule has 1 heterocycles. The zero-order chi connectivity index (χ0) is 16.2. The average molecular weight is 317 g/mol. The summed E-state index contributed by atoms with van der Waals surface area (Å²) in [5, 5.41) is 6.19. The Morgan fingerprint density at radius 2 is 2.13 bits per heavy atom. The molecule has 3 atom stereocenters. The van der Waals surface area contributed by atoms with Crippen LogP contribution in [0.5, 0.6) is 0 Å². The third-order valence-corrected chi connectivity index (χ3v) is 5.14. The quantitative estimate of drug-likeness (QED) is 0.896. The summed E-state index contributed by atoms with van der Waals surface area (Å²) in [5.74, 6) is 0.475. The van der Waals surface area contributed by atoms with E-state index in [0.29, 0.717) is 12.0 Å². The SMILES string of the molecule is CCN(C)c1ccccc1NC(=O)N[C@@H]1CCC[C@@H]2OCC[C@H]21. The minimum absolute atomic E-state index is 0.112. The molecule has 2 N–H and O–H groups in total. The molecule has 1 saturated carbocycles. The van der Waals surface area contributed by atoms with Crippen molar-refractivity contribution in [1.82, 2.24) is 5.32 Å². The fraction of sp³-hybridized carbons (Fsp3) is 0.611. The molecule has 1 aromatic rings. The van der Waals surface area contributed by atoms with Gasteiger partial charge in [-0.1, -0.05) is 12.1 Å². The van der Waals surface area contributed by atoms with Gasteiger partial charge in [-0.05, 0) is 44.7 Å². The van der Waals surface area contributed by atoms with Crippen LogP contribution in [0.15, 0.2) is 24.3 Å². The number of carbonyl (C=O) groups is 1.